The van der Waals surface area contributed by atoms with Gasteiger partial charge in [-0.1, -0.05) is 50.4 Å². The summed E-state index contributed by atoms with van der Waals surface area (Å²) in [6.07, 6.45) is 3.26. The summed E-state index contributed by atoms with van der Waals surface area (Å²) >= 11 is 6.06. The minimum absolute atomic E-state index is 0.000502. The second kappa shape index (κ2) is 10.6. The number of carbonyl (C=O) groups is 1. The van der Waals surface area contributed by atoms with Crippen LogP contribution in [0.25, 0.3) is 0 Å². The molecule has 8 heteroatoms. The molecule has 1 aromatic carbocycles. The molecule has 0 spiro atoms. The minimum Gasteiger partial charge on any atom is -0.353 e. The lowest BCUT2D eigenvalue weighted by Gasteiger charge is -2.33. The maximum absolute atomic E-state index is 12.8. The standard InChI is InChI=1S/C20H32ClN3O3S/c1-16(2)7-6-8-17(3)22-20(25)15-23-11-13-24(14-12-23)28(26,27)19-10-5-4-9-18(19)21/h4-5,9-10,16-17H,6-8,11-15H2,1-3H3,(H,22,25)/t17-/m0/s1. The molecule has 0 unspecified atom stereocenters. The van der Waals surface area contributed by atoms with Crippen LogP contribution in [0.5, 0.6) is 0 Å². The molecule has 1 atom stereocenters. The van der Waals surface area contributed by atoms with Gasteiger partial charge in [-0.2, -0.15) is 4.31 Å². The van der Waals surface area contributed by atoms with E-state index in [1.807, 2.05) is 11.8 Å². The van der Waals surface area contributed by atoms with Gasteiger partial charge in [-0.05, 0) is 31.4 Å². The Bertz CT molecular complexity index is 747. The van der Waals surface area contributed by atoms with Crippen LogP contribution < -0.4 is 5.32 Å². The molecule has 1 N–H and O–H groups in total. The van der Waals surface area contributed by atoms with E-state index in [1.165, 1.54) is 16.8 Å². The second-order valence-corrected chi connectivity index (χ2v) is 10.2. The largest absolute Gasteiger partial charge is 0.353 e. The maximum atomic E-state index is 12.8. The molecule has 0 bridgehead atoms. The fourth-order valence-corrected chi connectivity index (χ4v) is 5.26. The Balaban J connectivity index is 1.79. The third-order valence-electron chi connectivity index (χ3n) is 4.98. The van der Waals surface area contributed by atoms with E-state index >= 15 is 0 Å². The number of nitrogens with one attached hydrogen (secondary N) is 1. The summed E-state index contributed by atoms with van der Waals surface area (Å²) < 4.78 is 27.0. The van der Waals surface area contributed by atoms with Crippen LogP contribution >= 0.6 is 11.6 Å². The van der Waals surface area contributed by atoms with Crippen molar-refractivity contribution in [1.82, 2.24) is 14.5 Å². The van der Waals surface area contributed by atoms with Crippen LogP contribution in [0.3, 0.4) is 0 Å². The quantitative estimate of drug-likeness (QED) is 0.655. The van der Waals surface area contributed by atoms with E-state index < -0.39 is 10.0 Å². The van der Waals surface area contributed by atoms with E-state index in [0.29, 0.717) is 38.6 Å². The number of nitrogens with zero attached hydrogens (tertiary/aromatic N) is 2. The lowest BCUT2D eigenvalue weighted by atomic mass is 10.0. The highest BCUT2D eigenvalue weighted by Gasteiger charge is 2.30. The van der Waals surface area contributed by atoms with Gasteiger partial charge in [0.25, 0.3) is 0 Å². The SMILES string of the molecule is CC(C)CCC[C@H](C)NC(=O)CN1CCN(S(=O)(=O)c2ccccc2Cl)CC1. The van der Waals surface area contributed by atoms with Crippen molar-refractivity contribution >= 4 is 27.5 Å². The molecule has 2 rings (SSSR count). The van der Waals surface area contributed by atoms with Crippen molar-refractivity contribution in [2.24, 2.45) is 5.92 Å². The van der Waals surface area contributed by atoms with Gasteiger partial charge in [-0.25, -0.2) is 8.42 Å². The van der Waals surface area contributed by atoms with Gasteiger partial charge in [0.05, 0.1) is 11.6 Å². The zero-order valence-corrected chi connectivity index (χ0v) is 18.6. The minimum atomic E-state index is -3.61. The van der Waals surface area contributed by atoms with Crippen molar-refractivity contribution in [2.45, 2.75) is 51.0 Å². The van der Waals surface area contributed by atoms with Crippen LogP contribution in [0.1, 0.15) is 40.0 Å². The number of benzene rings is 1. The van der Waals surface area contributed by atoms with Gasteiger partial charge < -0.3 is 5.32 Å². The van der Waals surface area contributed by atoms with Gasteiger partial charge in [0.1, 0.15) is 4.90 Å². The Morgan fingerprint density at radius 3 is 2.36 bits per heavy atom. The molecule has 1 aliphatic rings. The van der Waals surface area contributed by atoms with Crippen molar-refractivity contribution in [3.63, 3.8) is 0 Å². The lowest BCUT2D eigenvalue weighted by Crippen LogP contribution is -2.51. The monoisotopic (exact) mass is 429 g/mol. The fourth-order valence-electron chi connectivity index (χ4n) is 3.35. The van der Waals surface area contributed by atoms with E-state index in [4.69, 9.17) is 11.6 Å². The van der Waals surface area contributed by atoms with Crippen molar-refractivity contribution in [1.29, 1.82) is 0 Å². The van der Waals surface area contributed by atoms with Gasteiger partial charge >= 0.3 is 0 Å². The van der Waals surface area contributed by atoms with Crippen LogP contribution in [0, 0.1) is 5.92 Å². The predicted octanol–water partition coefficient (Wildman–Crippen LogP) is 2.98. The Hall–Kier alpha value is -1.15. The number of carbonyl (C=O) groups excluding carboxylic acids is 1. The molecule has 1 amide bonds. The summed E-state index contributed by atoms with van der Waals surface area (Å²) in [4.78, 5) is 14.4. The number of amides is 1. The molecular weight excluding hydrogens is 398 g/mol. The number of halogens is 1. The normalized spacial score (nSPS) is 17.6. The van der Waals surface area contributed by atoms with Gasteiger partial charge in [0, 0.05) is 32.2 Å². The smallest absolute Gasteiger partial charge is 0.244 e. The second-order valence-electron chi connectivity index (χ2n) is 7.90. The van der Waals surface area contributed by atoms with Gasteiger partial charge in [0.2, 0.25) is 15.9 Å². The van der Waals surface area contributed by atoms with E-state index in [0.717, 1.165) is 12.8 Å². The zero-order chi connectivity index (χ0) is 20.7. The summed E-state index contributed by atoms with van der Waals surface area (Å²) in [6.45, 7) is 8.50. The number of rotatable bonds is 9. The molecule has 0 saturated carbocycles. The Morgan fingerprint density at radius 2 is 1.75 bits per heavy atom. The van der Waals surface area contributed by atoms with Crippen LogP contribution in [-0.4, -0.2) is 62.3 Å². The van der Waals surface area contributed by atoms with Crippen molar-refractivity contribution in [2.75, 3.05) is 32.7 Å². The lowest BCUT2D eigenvalue weighted by molar-refractivity contribution is -0.123. The third-order valence-corrected chi connectivity index (χ3v) is 7.38. The Labute approximate surface area is 174 Å². The van der Waals surface area contributed by atoms with Gasteiger partial charge in [0.15, 0.2) is 0 Å². The summed E-state index contributed by atoms with van der Waals surface area (Å²) in [5.74, 6) is 0.681. The average Bonchev–Trinajstić information content (AvgIpc) is 2.62. The highest BCUT2D eigenvalue weighted by Crippen LogP contribution is 2.24. The average molecular weight is 430 g/mol. The first kappa shape index (κ1) is 23.1. The van der Waals surface area contributed by atoms with E-state index in [1.54, 1.807) is 18.2 Å². The molecule has 1 heterocycles. The zero-order valence-electron chi connectivity index (χ0n) is 17.0. The number of sulfonamides is 1. The Kier molecular flexibility index (Phi) is 8.74. The van der Waals surface area contributed by atoms with E-state index in [2.05, 4.69) is 19.2 Å². The molecule has 1 saturated heterocycles. The van der Waals surface area contributed by atoms with Crippen molar-refractivity contribution in [3.05, 3.63) is 29.3 Å². The highest BCUT2D eigenvalue weighted by molar-refractivity contribution is 7.89. The molecule has 158 valence electrons. The summed E-state index contributed by atoms with van der Waals surface area (Å²) in [5.41, 5.74) is 0. The van der Waals surface area contributed by atoms with Crippen molar-refractivity contribution in [3.8, 4) is 0 Å². The molecule has 28 heavy (non-hydrogen) atoms. The first-order valence-corrected chi connectivity index (χ1v) is 11.8. The summed E-state index contributed by atoms with van der Waals surface area (Å²) in [6, 6.07) is 6.65. The number of hydrogen-bond donors (Lipinski definition) is 1. The number of hydrogen-bond acceptors (Lipinski definition) is 4. The van der Waals surface area contributed by atoms with Gasteiger partial charge in [-0.15, -0.1) is 0 Å². The maximum Gasteiger partial charge on any atom is 0.244 e. The fraction of sp³-hybridized carbons (Fsp3) is 0.650. The molecule has 0 aromatic heterocycles. The first-order valence-electron chi connectivity index (χ1n) is 9.96. The summed E-state index contributed by atoms with van der Waals surface area (Å²) in [7, 11) is -3.61. The molecule has 1 fully saturated rings. The van der Waals surface area contributed by atoms with Crippen LogP contribution in [-0.2, 0) is 14.8 Å². The highest BCUT2D eigenvalue weighted by atomic mass is 35.5. The molecule has 0 aliphatic carbocycles. The predicted molar refractivity (Wildman–Crippen MR) is 113 cm³/mol. The topological polar surface area (TPSA) is 69.7 Å². The number of piperazine rings is 1. The molecule has 0 radical (unpaired) electrons. The summed E-state index contributed by atoms with van der Waals surface area (Å²) in [5, 5.41) is 3.28. The van der Waals surface area contributed by atoms with E-state index in [-0.39, 0.29) is 21.9 Å². The third kappa shape index (κ3) is 6.72. The van der Waals surface area contributed by atoms with E-state index in [9.17, 15) is 13.2 Å². The first-order chi connectivity index (χ1) is 13.2. The van der Waals surface area contributed by atoms with Crippen molar-refractivity contribution < 1.29 is 13.2 Å². The molecular formula is C20H32ClN3O3S. The Morgan fingerprint density at radius 1 is 1.11 bits per heavy atom. The molecule has 1 aliphatic heterocycles. The molecule has 6 nitrogen and oxygen atoms in total. The van der Waals surface area contributed by atoms with Crippen LogP contribution in [0.2, 0.25) is 5.02 Å². The van der Waals surface area contributed by atoms with Crippen LogP contribution in [0.4, 0.5) is 0 Å². The van der Waals surface area contributed by atoms with Crippen LogP contribution in [0.15, 0.2) is 29.2 Å². The van der Waals surface area contributed by atoms with Gasteiger partial charge in [-0.3, -0.25) is 9.69 Å². The molecule has 1 aromatic rings.